The number of Topliss-reactive ketones (excluding diaryl/α,β-unsaturated/α-hetero) is 1. The van der Waals surface area contributed by atoms with Crippen LogP contribution in [-0.4, -0.2) is 35.0 Å². The SMILES string of the molecule is CCCOc1ccc(C(O)=C2C(=O)C(=O)N(c3nccs3)C2c2ccc(OCC)cc2)cc1. The van der Waals surface area contributed by atoms with Gasteiger partial charge in [0, 0.05) is 17.1 Å². The van der Waals surface area contributed by atoms with Gasteiger partial charge >= 0.3 is 5.91 Å². The zero-order chi connectivity index (χ0) is 23.4. The lowest BCUT2D eigenvalue weighted by molar-refractivity contribution is -0.132. The largest absolute Gasteiger partial charge is 0.507 e. The molecule has 8 heteroatoms. The first-order chi connectivity index (χ1) is 16.0. The Labute approximate surface area is 195 Å². The minimum absolute atomic E-state index is 0.0154. The molecular weight excluding hydrogens is 440 g/mol. The van der Waals surface area contributed by atoms with Gasteiger partial charge in [0.05, 0.1) is 24.8 Å². The Morgan fingerprint density at radius 1 is 1.03 bits per heavy atom. The second-order valence-corrected chi connectivity index (χ2v) is 8.23. The predicted octanol–water partition coefficient (Wildman–Crippen LogP) is 4.96. The normalized spacial score (nSPS) is 17.4. The van der Waals surface area contributed by atoms with E-state index in [0.29, 0.717) is 41.0 Å². The van der Waals surface area contributed by atoms with Crippen LogP contribution in [0.15, 0.2) is 65.7 Å². The number of aromatic nitrogens is 1. The number of carbonyl (C=O) groups is 2. The van der Waals surface area contributed by atoms with Crippen LogP contribution in [0.25, 0.3) is 5.76 Å². The number of thiazole rings is 1. The number of aliphatic hydroxyl groups excluding tert-OH is 1. The van der Waals surface area contributed by atoms with Crippen molar-refractivity contribution in [2.75, 3.05) is 18.1 Å². The lowest BCUT2D eigenvalue weighted by atomic mass is 9.95. The molecule has 33 heavy (non-hydrogen) atoms. The molecule has 4 rings (SSSR count). The molecule has 1 N–H and O–H groups in total. The number of hydrogen-bond acceptors (Lipinski definition) is 7. The van der Waals surface area contributed by atoms with Crippen LogP contribution in [0.4, 0.5) is 5.13 Å². The van der Waals surface area contributed by atoms with E-state index in [1.807, 2.05) is 13.8 Å². The number of anilines is 1. The van der Waals surface area contributed by atoms with Crippen molar-refractivity contribution in [3.8, 4) is 11.5 Å². The van der Waals surface area contributed by atoms with Gasteiger partial charge in [-0.3, -0.25) is 14.5 Å². The van der Waals surface area contributed by atoms with Gasteiger partial charge in [-0.2, -0.15) is 0 Å². The maximum atomic E-state index is 13.1. The molecule has 2 heterocycles. The number of nitrogens with zero attached hydrogens (tertiary/aromatic N) is 2. The second-order valence-electron chi connectivity index (χ2n) is 7.36. The van der Waals surface area contributed by atoms with Gasteiger partial charge in [0.15, 0.2) is 5.13 Å². The third kappa shape index (κ3) is 4.47. The molecular formula is C25H24N2O5S. The Morgan fingerprint density at radius 2 is 1.70 bits per heavy atom. The van der Waals surface area contributed by atoms with Crippen molar-refractivity contribution in [3.05, 3.63) is 76.8 Å². The van der Waals surface area contributed by atoms with Gasteiger partial charge in [0.2, 0.25) is 0 Å². The van der Waals surface area contributed by atoms with E-state index in [2.05, 4.69) is 4.98 Å². The van der Waals surface area contributed by atoms with Crippen molar-refractivity contribution in [1.29, 1.82) is 0 Å². The summed E-state index contributed by atoms with van der Waals surface area (Å²) >= 11 is 1.25. The first kappa shape index (κ1) is 22.5. The molecule has 1 aliphatic heterocycles. The third-order valence-electron chi connectivity index (χ3n) is 5.18. The third-order valence-corrected chi connectivity index (χ3v) is 5.95. The molecule has 1 atom stereocenters. The summed E-state index contributed by atoms with van der Waals surface area (Å²) in [5.41, 5.74) is 1.10. The number of hydrogen-bond donors (Lipinski definition) is 1. The molecule has 1 saturated heterocycles. The monoisotopic (exact) mass is 464 g/mol. The maximum Gasteiger partial charge on any atom is 0.301 e. The summed E-state index contributed by atoms with van der Waals surface area (Å²) in [6.07, 6.45) is 2.45. The van der Waals surface area contributed by atoms with Crippen LogP contribution < -0.4 is 14.4 Å². The van der Waals surface area contributed by atoms with Crippen molar-refractivity contribution in [3.63, 3.8) is 0 Å². The van der Waals surface area contributed by atoms with Crippen molar-refractivity contribution < 1.29 is 24.2 Å². The minimum atomic E-state index is -0.817. The standard InChI is InChI=1S/C25H24N2O5S/c1-3-14-32-19-11-7-17(8-12-19)22(28)20-21(16-5-9-18(10-6-16)31-4-2)27(24(30)23(20)29)25-26-13-15-33-25/h5-13,15,21,28H,3-4,14H2,1-2H3. The smallest absolute Gasteiger partial charge is 0.301 e. The highest BCUT2D eigenvalue weighted by Crippen LogP contribution is 2.43. The molecule has 0 aliphatic carbocycles. The molecule has 3 aromatic rings. The number of carbonyl (C=O) groups excluding carboxylic acids is 2. The molecule has 0 spiro atoms. The fourth-order valence-corrected chi connectivity index (χ4v) is 4.34. The number of ketones is 1. The van der Waals surface area contributed by atoms with E-state index in [-0.39, 0.29) is 11.3 Å². The summed E-state index contributed by atoms with van der Waals surface area (Å²) in [6.45, 7) is 5.02. The van der Waals surface area contributed by atoms with Gasteiger partial charge in [-0.25, -0.2) is 4.98 Å². The summed E-state index contributed by atoms with van der Waals surface area (Å²) < 4.78 is 11.1. The summed E-state index contributed by atoms with van der Waals surface area (Å²) in [7, 11) is 0. The quantitative estimate of drug-likeness (QED) is 0.288. The lowest BCUT2D eigenvalue weighted by Crippen LogP contribution is -2.29. The van der Waals surface area contributed by atoms with Crippen LogP contribution in [-0.2, 0) is 9.59 Å². The maximum absolute atomic E-state index is 13.1. The molecule has 1 unspecified atom stereocenters. The first-order valence-corrected chi connectivity index (χ1v) is 11.6. The van der Waals surface area contributed by atoms with Crippen LogP contribution >= 0.6 is 11.3 Å². The van der Waals surface area contributed by atoms with Crippen LogP contribution in [0.2, 0.25) is 0 Å². The van der Waals surface area contributed by atoms with Gasteiger partial charge in [0.1, 0.15) is 17.3 Å². The molecule has 1 aliphatic rings. The van der Waals surface area contributed by atoms with Crippen molar-refractivity contribution >= 4 is 33.9 Å². The predicted molar refractivity (Wildman–Crippen MR) is 127 cm³/mol. The zero-order valence-corrected chi connectivity index (χ0v) is 19.2. The number of aliphatic hydroxyl groups is 1. The van der Waals surface area contributed by atoms with E-state index in [4.69, 9.17) is 9.47 Å². The van der Waals surface area contributed by atoms with Crippen LogP contribution in [0.5, 0.6) is 11.5 Å². The number of rotatable bonds is 8. The van der Waals surface area contributed by atoms with Gasteiger partial charge in [0.25, 0.3) is 5.78 Å². The van der Waals surface area contributed by atoms with Gasteiger partial charge in [-0.05, 0) is 55.3 Å². The molecule has 0 bridgehead atoms. The van der Waals surface area contributed by atoms with Crippen LogP contribution in [0.1, 0.15) is 37.4 Å². The van der Waals surface area contributed by atoms with E-state index >= 15 is 0 Å². The van der Waals surface area contributed by atoms with Gasteiger partial charge < -0.3 is 14.6 Å². The molecule has 0 saturated carbocycles. The molecule has 2 aromatic carbocycles. The van der Waals surface area contributed by atoms with E-state index in [1.165, 1.54) is 16.2 Å². The topological polar surface area (TPSA) is 89.0 Å². The van der Waals surface area contributed by atoms with Gasteiger partial charge in [-0.15, -0.1) is 11.3 Å². The summed E-state index contributed by atoms with van der Waals surface area (Å²) in [6, 6.07) is 13.1. The minimum Gasteiger partial charge on any atom is -0.507 e. The van der Waals surface area contributed by atoms with Crippen molar-refractivity contribution in [2.45, 2.75) is 26.3 Å². The fraction of sp³-hybridized carbons (Fsp3) is 0.240. The molecule has 1 aromatic heterocycles. The highest BCUT2D eigenvalue weighted by molar-refractivity contribution is 7.14. The Bertz CT molecular complexity index is 1150. The van der Waals surface area contributed by atoms with Crippen LogP contribution in [0.3, 0.4) is 0 Å². The summed E-state index contributed by atoms with van der Waals surface area (Å²) in [5, 5.41) is 13.3. The molecule has 1 fully saturated rings. The molecule has 0 radical (unpaired) electrons. The van der Waals surface area contributed by atoms with Crippen molar-refractivity contribution in [2.24, 2.45) is 0 Å². The molecule has 170 valence electrons. The summed E-state index contributed by atoms with van der Waals surface area (Å²) in [4.78, 5) is 31.7. The van der Waals surface area contributed by atoms with E-state index in [9.17, 15) is 14.7 Å². The highest BCUT2D eigenvalue weighted by Gasteiger charge is 2.47. The number of ether oxygens (including phenoxy) is 2. The van der Waals surface area contributed by atoms with Crippen molar-refractivity contribution in [1.82, 2.24) is 4.98 Å². The summed E-state index contributed by atoms with van der Waals surface area (Å²) in [5.74, 6) is -0.385. The molecule has 1 amide bonds. The van der Waals surface area contributed by atoms with Gasteiger partial charge in [-0.1, -0.05) is 19.1 Å². The Kier molecular flexibility index (Phi) is 6.74. The lowest BCUT2D eigenvalue weighted by Gasteiger charge is -2.23. The number of benzene rings is 2. The van der Waals surface area contributed by atoms with Crippen LogP contribution in [0, 0.1) is 0 Å². The fourth-order valence-electron chi connectivity index (χ4n) is 3.68. The van der Waals surface area contributed by atoms with E-state index < -0.39 is 17.7 Å². The molecule has 7 nitrogen and oxygen atoms in total. The Morgan fingerprint density at radius 3 is 2.30 bits per heavy atom. The second kappa shape index (κ2) is 9.87. The first-order valence-electron chi connectivity index (χ1n) is 10.7. The highest BCUT2D eigenvalue weighted by atomic mass is 32.1. The Hall–Kier alpha value is -3.65. The zero-order valence-electron chi connectivity index (χ0n) is 18.4. The Balaban J connectivity index is 1.80. The average molecular weight is 465 g/mol. The van der Waals surface area contributed by atoms with E-state index in [0.717, 1.165) is 6.42 Å². The van der Waals surface area contributed by atoms with E-state index in [1.54, 1.807) is 60.1 Å². The average Bonchev–Trinajstić information content (AvgIpc) is 3.45. The number of amides is 1.